The van der Waals surface area contributed by atoms with Crippen molar-refractivity contribution in [2.45, 2.75) is 18.9 Å². The molecule has 6 heteroatoms. The Morgan fingerprint density at radius 1 is 1.29 bits per heavy atom. The Morgan fingerprint density at radius 2 is 2.14 bits per heavy atom. The van der Waals surface area contributed by atoms with Crippen LogP contribution >= 0.6 is 0 Å². The quantitative estimate of drug-likeness (QED) is 0.841. The van der Waals surface area contributed by atoms with Crippen LogP contribution in [0, 0.1) is 0 Å². The molecule has 1 aliphatic heterocycles. The van der Waals surface area contributed by atoms with Crippen molar-refractivity contribution >= 4 is 5.91 Å². The van der Waals surface area contributed by atoms with E-state index in [1.54, 1.807) is 30.9 Å². The van der Waals surface area contributed by atoms with Gasteiger partial charge in [0.2, 0.25) is 5.91 Å². The lowest BCUT2D eigenvalue weighted by Gasteiger charge is -2.16. The normalized spacial score (nSPS) is 17.7. The van der Waals surface area contributed by atoms with Crippen molar-refractivity contribution in [2.75, 3.05) is 13.1 Å². The number of aromatic nitrogens is 3. The Kier molecular flexibility index (Phi) is 4.04. The molecule has 2 aromatic heterocycles. The van der Waals surface area contributed by atoms with Gasteiger partial charge in [-0.1, -0.05) is 6.07 Å². The van der Waals surface area contributed by atoms with Crippen molar-refractivity contribution in [2.24, 2.45) is 0 Å². The van der Waals surface area contributed by atoms with Crippen LogP contribution in [0.15, 0.2) is 43.0 Å². The van der Waals surface area contributed by atoms with Crippen molar-refractivity contribution in [1.29, 1.82) is 0 Å². The fraction of sp³-hybridized carbons (Fsp3) is 0.333. The van der Waals surface area contributed by atoms with Gasteiger partial charge in [-0.25, -0.2) is 9.97 Å². The third-order valence-corrected chi connectivity index (χ3v) is 3.39. The lowest BCUT2D eigenvalue weighted by atomic mass is 10.2. The Balaban J connectivity index is 1.53. The highest BCUT2D eigenvalue weighted by Crippen LogP contribution is 2.15. The first-order chi connectivity index (χ1) is 10.3. The third-order valence-electron chi connectivity index (χ3n) is 3.39. The van der Waals surface area contributed by atoms with Crippen LogP contribution in [-0.4, -0.2) is 45.0 Å². The molecule has 108 valence electrons. The molecular formula is C15H16N4O2. The summed E-state index contributed by atoms with van der Waals surface area (Å²) in [6.45, 7) is 1.29. The van der Waals surface area contributed by atoms with E-state index >= 15 is 0 Å². The number of nitrogens with zero attached hydrogens (tertiary/aromatic N) is 4. The maximum absolute atomic E-state index is 12.2. The molecule has 3 rings (SSSR count). The molecule has 1 atom stereocenters. The summed E-state index contributed by atoms with van der Waals surface area (Å²) < 4.78 is 5.68. The second-order valence-electron chi connectivity index (χ2n) is 4.94. The standard InChI is InChI=1S/C15H16N4O2/c20-14(9-12-3-1-5-16-10-12)19-8-4-13(11-19)21-15-17-6-2-7-18-15/h1-3,5-7,10,13H,4,8-9,11H2/t13-/m0/s1. The number of likely N-dealkylation sites (tertiary alicyclic amines) is 1. The van der Waals surface area contributed by atoms with Gasteiger partial charge < -0.3 is 9.64 Å². The van der Waals surface area contributed by atoms with Gasteiger partial charge in [0.05, 0.1) is 13.0 Å². The van der Waals surface area contributed by atoms with Crippen molar-refractivity contribution in [3.8, 4) is 6.01 Å². The van der Waals surface area contributed by atoms with Crippen LogP contribution in [-0.2, 0) is 11.2 Å². The van der Waals surface area contributed by atoms with Crippen molar-refractivity contribution in [3.05, 3.63) is 48.5 Å². The summed E-state index contributed by atoms with van der Waals surface area (Å²) in [6.07, 6.45) is 7.85. The zero-order chi connectivity index (χ0) is 14.5. The topological polar surface area (TPSA) is 68.2 Å². The van der Waals surface area contributed by atoms with Gasteiger partial charge in [-0.05, 0) is 17.7 Å². The first-order valence-electron chi connectivity index (χ1n) is 6.91. The predicted octanol–water partition coefficient (Wildman–Crippen LogP) is 1.09. The lowest BCUT2D eigenvalue weighted by molar-refractivity contribution is -0.129. The minimum absolute atomic E-state index is 0.0368. The maximum atomic E-state index is 12.2. The smallest absolute Gasteiger partial charge is 0.316 e. The molecule has 0 spiro atoms. The molecule has 0 radical (unpaired) electrons. The average Bonchev–Trinajstić information content (AvgIpc) is 2.98. The number of carbonyl (C=O) groups excluding carboxylic acids is 1. The number of hydrogen-bond donors (Lipinski definition) is 0. The molecule has 6 nitrogen and oxygen atoms in total. The molecule has 0 bridgehead atoms. The second-order valence-corrected chi connectivity index (χ2v) is 4.94. The maximum Gasteiger partial charge on any atom is 0.316 e. The SMILES string of the molecule is O=C(Cc1cccnc1)N1CC[C@H](Oc2ncccn2)C1. The highest BCUT2D eigenvalue weighted by molar-refractivity contribution is 5.79. The molecule has 1 fully saturated rings. The molecule has 0 aromatic carbocycles. The molecule has 0 unspecified atom stereocenters. The van der Waals surface area contributed by atoms with Gasteiger partial charge in [-0.2, -0.15) is 0 Å². The molecule has 2 aromatic rings. The number of amides is 1. The molecule has 1 amide bonds. The van der Waals surface area contributed by atoms with E-state index in [0.717, 1.165) is 12.0 Å². The third kappa shape index (κ3) is 3.53. The van der Waals surface area contributed by atoms with Gasteiger partial charge in [0.25, 0.3) is 0 Å². The fourth-order valence-corrected chi connectivity index (χ4v) is 2.34. The van der Waals surface area contributed by atoms with Crippen LogP contribution in [0.2, 0.25) is 0 Å². The summed E-state index contributed by atoms with van der Waals surface area (Å²) >= 11 is 0. The molecule has 1 saturated heterocycles. The number of hydrogen-bond acceptors (Lipinski definition) is 5. The summed E-state index contributed by atoms with van der Waals surface area (Å²) in [5, 5.41) is 0. The summed E-state index contributed by atoms with van der Waals surface area (Å²) in [5.41, 5.74) is 0.929. The fourth-order valence-electron chi connectivity index (χ4n) is 2.34. The number of pyridine rings is 1. The van der Waals surface area contributed by atoms with E-state index in [9.17, 15) is 4.79 Å². The summed E-state index contributed by atoms with van der Waals surface area (Å²) in [6, 6.07) is 5.85. The largest absolute Gasteiger partial charge is 0.458 e. The van der Waals surface area contributed by atoms with E-state index in [1.807, 2.05) is 17.0 Å². The second kappa shape index (κ2) is 6.30. The molecule has 0 N–H and O–H groups in total. The summed E-state index contributed by atoms with van der Waals surface area (Å²) in [5.74, 6) is 0.100. The van der Waals surface area contributed by atoms with Crippen molar-refractivity contribution < 1.29 is 9.53 Å². The first-order valence-corrected chi connectivity index (χ1v) is 6.91. The van der Waals surface area contributed by atoms with Crippen LogP contribution in [0.1, 0.15) is 12.0 Å². The van der Waals surface area contributed by atoms with E-state index in [4.69, 9.17) is 4.74 Å². The molecule has 0 saturated carbocycles. The molecule has 1 aliphatic rings. The van der Waals surface area contributed by atoms with Gasteiger partial charge in [0, 0.05) is 37.8 Å². The summed E-state index contributed by atoms with van der Waals surface area (Å²) in [4.78, 5) is 26.1. The van der Waals surface area contributed by atoms with E-state index in [0.29, 0.717) is 25.5 Å². The molecule has 21 heavy (non-hydrogen) atoms. The van der Waals surface area contributed by atoms with Crippen molar-refractivity contribution in [1.82, 2.24) is 19.9 Å². The molecular weight excluding hydrogens is 268 g/mol. The van der Waals surface area contributed by atoms with Crippen LogP contribution in [0.3, 0.4) is 0 Å². The van der Waals surface area contributed by atoms with Gasteiger partial charge in [0.1, 0.15) is 6.10 Å². The van der Waals surface area contributed by atoms with Crippen LogP contribution < -0.4 is 4.74 Å². The average molecular weight is 284 g/mol. The molecule has 0 aliphatic carbocycles. The Bertz CT molecular complexity index is 591. The van der Waals surface area contributed by atoms with E-state index in [2.05, 4.69) is 15.0 Å². The highest BCUT2D eigenvalue weighted by atomic mass is 16.5. The van der Waals surface area contributed by atoms with E-state index in [-0.39, 0.29) is 12.0 Å². The van der Waals surface area contributed by atoms with Gasteiger partial charge in [0.15, 0.2) is 0 Å². The monoisotopic (exact) mass is 284 g/mol. The van der Waals surface area contributed by atoms with Crippen LogP contribution in [0.4, 0.5) is 0 Å². The van der Waals surface area contributed by atoms with Crippen LogP contribution in [0.25, 0.3) is 0 Å². The number of rotatable bonds is 4. The van der Waals surface area contributed by atoms with E-state index < -0.39 is 0 Å². The Morgan fingerprint density at radius 3 is 2.90 bits per heavy atom. The first kappa shape index (κ1) is 13.5. The van der Waals surface area contributed by atoms with Gasteiger partial charge in [-0.15, -0.1) is 0 Å². The van der Waals surface area contributed by atoms with Gasteiger partial charge >= 0.3 is 6.01 Å². The number of carbonyl (C=O) groups is 1. The zero-order valence-corrected chi connectivity index (χ0v) is 11.6. The highest BCUT2D eigenvalue weighted by Gasteiger charge is 2.28. The molecule has 3 heterocycles. The van der Waals surface area contributed by atoms with Crippen LogP contribution in [0.5, 0.6) is 6.01 Å². The lowest BCUT2D eigenvalue weighted by Crippen LogP contribution is -2.32. The predicted molar refractivity (Wildman–Crippen MR) is 75.6 cm³/mol. The zero-order valence-electron chi connectivity index (χ0n) is 11.6. The minimum atomic E-state index is -0.0368. The van der Waals surface area contributed by atoms with Gasteiger partial charge in [-0.3, -0.25) is 9.78 Å². The Hall–Kier alpha value is -2.50. The summed E-state index contributed by atoms with van der Waals surface area (Å²) in [7, 11) is 0. The minimum Gasteiger partial charge on any atom is -0.458 e. The van der Waals surface area contributed by atoms with E-state index in [1.165, 1.54) is 0 Å². The van der Waals surface area contributed by atoms with Crippen molar-refractivity contribution in [3.63, 3.8) is 0 Å². The Labute approximate surface area is 122 Å². The number of ether oxygens (including phenoxy) is 1.